The van der Waals surface area contributed by atoms with E-state index in [4.69, 9.17) is 9.84 Å². The lowest BCUT2D eigenvalue weighted by atomic mass is 9.99. The molecule has 2 aromatic carbocycles. The Morgan fingerprint density at radius 3 is 2.62 bits per heavy atom. The van der Waals surface area contributed by atoms with Crippen LogP contribution in [0, 0.1) is 24.6 Å². The van der Waals surface area contributed by atoms with E-state index in [9.17, 15) is 14.0 Å². The number of halogens is 1. The van der Waals surface area contributed by atoms with Crippen molar-refractivity contribution in [3.8, 4) is 5.75 Å². The first kappa shape index (κ1) is 24.8. The van der Waals surface area contributed by atoms with Gasteiger partial charge in [0.15, 0.2) is 0 Å². The number of nitrogens with one attached hydrogen (secondary N) is 1. The highest BCUT2D eigenvalue weighted by Gasteiger charge is 2.34. The fourth-order valence-corrected chi connectivity index (χ4v) is 4.52. The van der Waals surface area contributed by atoms with Crippen LogP contribution in [0.2, 0.25) is 0 Å². The zero-order valence-electron chi connectivity index (χ0n) is 21.0. The predicted molar refractivity (Wildman–Crippen MR) is 135 cm³/mol. The number of nitrogens with zero attached hydrogens (tertiary/aromatic N) is 3. The van der Waals surface area contributed by atoms with E-state index in [0.717, 1.165) is 36.8 Å². The molecule has 0 radical (unpaired) electrons. The number of carbonyl (C=O) groups excluding carboxylic acids is 1. The second kappa shape index (κ2) is 10.2. The summed E-state index contributed by atoms with van der Waals surface area (Å²) in [5.41, 5.74) is 2.98. The molecule has 5 rings (SSSR count). The first-order valence-electron chi connectivity index (χ1n) is 12.6. The van der Waals surface area contributed by atoms with Crippen molar-refractivity contribution >= 4 is 12.0 Å². The van der Waals surface area contributed by atoms with Crippen LogP contribution in [0.5, 0.6) is 5.75 Å². The van der Waals surface area contributed by atoms with Gasteiger partial charge in [-0.05, 0) is 85.4 Å². The molecular weight excluding hydrogens is 475 g/mol. The standard InChI is InChI=1S/C28H31FN4O4/c1-17-11-21(7-8-24(17)29)25(20-5-6-20)30-26(34)22-12-19(13-23(14-22)37-16-18-3-4-18)15-33-10-9-32(2)27(33)31-28(35)36/h7-14,18,20,25H,3-6,15-16H2,1-2H3,(H,30,34)(H,35,36). The van der Waals surface area contributed by atoms with Gasteiger partial charge in [-0.3, -0.25) is 4.79 Å². The average Bonchev–Trinajstić information content (AvgIpc) is 3.79. The van der Waals surface area contributed by atoms with Crippen LogP contribution in [-0.4, -0.2) is 32.8 Å². The first-order chi connectivity index (χ1) is 17.8. The van der Waals surface area contributed by atoms with Crippen LogP contribution in [0.15, 0.2) is 53.8 Å². The third kappa shape index (κ3) is 6.10. The molecule has 2 fully saturated rings. The molecule has 1 atom stereocenters. The van der Waals surface area contributed by atoms with Gasteiger partial charge in [0.2, 0.25) is 5.62 Å². The number of carboxylic acid groups (broad SMARTS) is 1. The number of benzene rings is 2. The topological polar surface area (TPSA) is 97.9 Å². The first-order valence-corrected chi connectivity index (χ1v) is 12.6. The summed E-state index contributed by atoms with van der Waals surface area (Å²) in [6.07, 6.45) is 6.52. The number of carbonyl (C=O) groups is 2. The molecule has 2 saturated carbocycles. The molecule has 1 unspecified atom stereocenters. The molecule has 9 heteroatoms. The molecule has 37 heavy (non-hydrogen) atoms. The van der Waals surface area contributed by atoms with Crippen LogP contribution in [0.25, 0.3) is 0 Å². The fraction of sp³-hybridized carbons (Fsp3) is 0.393. The van der Waals surface area contributed by atoms with Gasteiger partial charge in [-0.25, -0.2) is 9.18 Å². The van der Waals surface area contributed by atoms with Gasteiger partial charge in [-0.15, -0.1) is 4.99 Å². The van der Waals surface area contributed by atoms with Gasteiger partial charge in [0, 0.05) is 25.0 Å². The van der Waals surface area contributed by atoms with Crippen molar-refractivity contribution in [3.05, 3.63) is 82.5 Å². The molecule has 2 amide bonds. The SMILES string of the molecule is Cc1cc(C(NC(=O)c2cc(Cn3ccn(C)c3=NC(=O)O)cc(OCC3CC3)c2)C2CC2)ccc1F. The number of hydrogen-bond acceptors (Lipinski definition) is 3. The van der Waals surface area contributed by atoms with Crippen molar-refractivity contribution in [2.24, 2.45) is 23.9 Å². The minimum Gasteiger partial charge on any atom is -0.493 e. The summed E-state index contributed by atoms with van der Waals surface area (Å²) in [6.45, 7) is 2.64. The maximum atomic E-state index is 13.9. The minimum atomic E-state index is -1.28. The summed E-state index contributed by atoms with van der Waals surface area (Å²) in [6, 6.07) is 10.2. The Hall–Kier alpha value is -3.88. The van der Waals surface area contributed by atoms with Gasteiger partial charge < -0.3 is 24.3 Å². The minimum absolute atomic E-state index is 0.198. The lowest BCUT2D eigenvalue weighted by Crippen LogP contribution is -2.30. The molecule has 2 N–H and O–H groups in total. The third-order valence-corrected chi connectivity index (χ3v) is 6.92. The summed E-state index contributed by atoms with van der Waals surface area (Å²) in [4.78, 5) is 28.4. The second-order valence-corrected chi connectivity index (χ2v) is 10.1. The van der Waals surface area contributed by atoms with Crippen molar-refractivity contribution in [2.75, 3.05) is 6.61 Å². The molecule has 194 valence electrons. The predicted octanol–water partition coefficient (Wildman–Crippen LogP) is 4.57. The Morgan fingerprint density at radius 1 is 1.16 bits per heavy atom. The van der Waals surface area contributed by atoms with E-state index in [2.05, 4.69) is 10.3 Å². The number of ether oxygens (including phenoxy) is 1. The quantitative estimate of drug-likeness (QED) is 0.444. The highest BCUT2D eigenvalue weighted by Crippen LogP contribution is 2.41. The van der Waals surface area contributed by atoms with Gasteiger partial charge in [0.25, 0.3) is 5.91 Å². The monoisotopic (exact) mass is 506 g/mol. The Labute approximate surface area is 214 Å². The molecule has 8 nitrogen and oxygen atoms in total. The normalized spacial score (nSPS) is 16.5. The second-order valence-electron chi connectivity index (χ2n) is 10.1. The number of aryl methyl sites for hydroxylation is 2. The van der Waals surface area contributed by atoms with Crippen molar-refractivity contribution in [1.82, 2.24) is 14.5 Å². The van der Waals surface area contributed by atoms with Gasteiger partial charge in [0.1, 0.15) is 11.6 Å². The fourth-order valence-electron chi connectivity index (χ4n) is 4.52. The van der Waals surface area contributed by atoms with E-state index >= 15 is 0 Å². The maximum absolute atomic E-state index is 13.9. The van der Waals surface area contributed by atoms with Gasteiger partial charge in [0.05, 0.1) is 19.2 Å². The van der Waals surface area contributed by atoms with Crippen LogP contribution in [-0.2, 0) is 13.6 Å². The molecule has 2 aliphatic rings. The van der Waals surface area contributed by atoms with E-state index in [0.29, 0.717) is 41.9 Å². The Kier molecular flexibility index (Phi) is 6.86. The van der Waals surface area contributed by atoms with E-state index in [-0.39, 0.29) is 23.4 Å². The number of rotatable bonds is 9. The summed E-state index contributed by atoms with van der Waals surface area (Å²) >= 11 is 0. The molecule has 1 heterocycles. The van der Waals surface area contributed by atoms with Crippen LogP contribution < -0.4 is 15.7 Å². The number of amides is 2. The molecule has 1 aromatic heterocycles. The molecule has 0 bridgehead atoms. The zero-order valence-corrected chi connectivity index (χ0v) is 21.0. The summed E-state index contributed by atoms with van der Waals surface area (Å²) < 4.78 is 23.2. The molecule has 0 spiro atoms. The largest absolute Gasteiger partial charge is 0.493 e. The average molecular weight is 507 g/mol. The van der Waals surface area contributed by atoms with E-state index in [1.54, 1.807) is 59.8 Å². The van der Waals surface area contributed by atoms with Crippen molar-refractivity contribution in [2.45, 2.75) is 45.2 Å². The van der Waals surface area contributed by atoms with Crippen LogP contribution in [0.4, 0.5) is 9.18 Å². The lowest BCUT2D eigenvalue weighted by molar-refractivity contribution is 0.0931. The zero-order chi connectivity index (χ0) is 26.1. The molecular formula is C28H31FN4O4. The van der Waals surface area contributed by atoms with Crippen molar-refractivity contribution in [1.29, 1.82) is 0 Å². The number of aromatic nitrogens is 2. The highest BCUT2D eigenvalue weighted by molar-refractivity contribution is 5.95. The number of imidazole rings is 1. The molecule has 3 aromatic rings. The summed E-state index contributed by atoms with van der Waals surface area (Å²) in [7, 11) is 1.72. The Morgan fingerprint density at radius 2 is 1.95 bits per heavy atom. The van der Waals surface area contributed by atoms with Crippen molar-refractivity contribution in [3.63, 3.8) is 0 Å². The summed E-state index contributed by atoms with van der Waals surface area (Å²) in [5, 5.41) is 12.3. The molecule has 0 aliphatic heterocycles. The Bertz CT molecular complexity index is 1400. The van der Waals surface area contributed by atoms with Crippen LogP contribution >= 0.6 is 0 Å². The third-order valence-electron chi connectivity index (χ3n) is 6.92. The van der Waals surface area contributed by atoms with E-state index in [1.807, 2.05) is 6.07 Å². The molecule has 2 aliphatic carbocycles. The van der Waals surface area contributed by atoms with Gasteiger partial charge in [-0.2, -0.15) is 0 Å². The number of hydrogen-bond donors (Lipinski definition) is 2. The summed E-state index contributed by atoms with van der Waals surface area (Å²) in [5.74, 6) is 0.977. The van der Waals surface area contributed by atoms with E-state index in [1.165, 1.54) is 6.07 Å². The smallest absolute Gasteiger partial charge is 0.434 e. The van der Waals surface area contributed by atoms with E-state index < -0.39 is 6.09 Å². The maximum Gasteiger partial charge on any atom is 0.434 e. The van der Waals surface area contributed by atoms with Crippen molar-refractivity contribution < 1.29 is 23.8 Å². The molecule has 0 saturated heterocycles. The highest BCUT2D eigenvalue weighted by atomic mass is 19.1. The van der Waals surface area contributed by atoms with Gasteiger partial charge in [-0.1, -0.05) is 12.1 Å². The van der Waals surface area contributed by atoms with Crippen LogP contribution in [0.3, 0.4) is 0 Å². The van der Waals surface area contributed by atoms with Crippen LogP contribution in [0.1, 0.15) is 58.8 Å². The lowest BCUT2D eigenvalue weighted by Gasteiger charge is -2.20. The van der Waals surface area contributed by atoms with Gasteiger partial charge >= 0.3 is 6.09 Å². The Balaban J connectivity index is 1.43.